The second-order valence-corrected chi connectivity index (χ2v) is 6.84. The molecular weight excluding hydrogens is 316 g/mol. The number of benzene rings is 2. The number of thioether (sulfide) groups is 1. The van der Waals surface area contributed by atoms with Crippen LogP contribution in [0.1, 0.15) is 16.8 Å². The van der Waals surface area contributed by atoms with E-state index in [9.17, 15) is 4.79 Å². The molecule has 0 aliphatic heterocycles. The van der Waals surface area contributed by atoms with E-state index in [2.05, 4.69) is 47.6 Å². The van der Waals surface area contributed by atoms with Crippen LogP contribution < -0.4 is 5.32 Å². The predicted molar refractivity (Wildman–Crippen MR) is 102 cm³/mol. The molecule has 3 rings (SSSR count). The van der Waals surface area contributed by atoms with E-state index in [1.54, 1.807) is 11.8 Å². The lowest BCUT2D eigenvalue weighted by Crippen LogP contribution is -2.27. The van der Waals surface area contributed by atoms with Crippen LogP contribution in [0.15, 0.2) is 54.6 Å². The third-order valence-electron chi connectivity index (χ3n) is 4.07. The van der Waals surface area contributed by atoms with Gasteiger partial charge in [0.15, 0.2) is 0 Å². The molecule has 1 aromatic heterocycles. The van der Waals surface area contributed by atoms with Gasteiger partial charge in [-0.1, -0.05) is 48.5 Å². The van der Waals surface area contributed by atoms with Crippen LogP contribution in [0.3, 0.4) is 0 Å². The van der Waals surface area contributed by atoms with Crippen molar-refractivity contribution in [3.05, 3.63) is 71.4 Å². The molecule has 0 saturated heterocycles. The SMILES string of the molecule is Cc1[nH]c2ccccc2c1CCNC(=O)CSCc1ccccc1. The lowest BCUT2D eigenvalue weighted by molar-refractivity contribution is -0.118. The molecule has 3 nitrogen and oxygen atoms in total. The summed E-state index contributed by atoms with van der Waals surface area (Å²) in [5.74, 6) is 1.48. The Morgan fingerprint density at radius 1 is 1.08 bits per heavy atom. The van der Waals surface area contributed by atoms with Gasteiger partial charge in [0, 0.05) is 28.9 Å². The van der Waals surface area contributed by atoms with Crippen molar-refractivity contribution in [3.8, 4) is 0 Å². The average Bonchev–Trinajstić information content (AvgIpc) is 2.92. The van der Waals surface area contributed by atoms with Gasteiger partial charge in [-0.25, -0.2) is 0 Å². The number of para-hydroxylation sites is 1. The quantitative estimate of drug-likeness (QED) is 0.682. The van der Waals surface area contributed by atoms with Gasteiger partial charge in [0.05, 0.1) is 5.75 Å². The Labute approximate surface area is 146 Å². The molecule has 0 aliphatic rings. The minimum Gasteiger partial charge on any atom is -0.358 e. The van der Waals surface area contributed by atoms with E-state index in [0.717, 1.165) is 17.7 Å². The molecule has 0 atom stereocenters. The highest BCUT2D eigenvalue weighted by atomic mass is 32.2. The molecule has 1 heterocycles. The smallest absolute Gasteiger partial charge is 0.230 e. The minimum absolute atomic E-state index is 0.105. The van der Waals surface area contributed by atoms with Crippen molar-refractivity contribution in [2.75, 3.05) is 12.3 Å². The zero-order valence-electron chi connectivity index (χ0n) is 13.8. The van der Waals surface area contributed by atoms with Crippen molar-refractivity contribution in [2.45, 2.75) is 19.1 Å². The van der Waals surface area contributed by atoms with Crippen LogP contribution in [-0.2, 0) is 17.0 Å². The standard InChI is InChI=1S/C20H22N2OS/c1-15-17(18-9-5-6-10-19(18)22-15)11-12-21-20(23)14-24-13-16-7-3-2-4-8-16/h2-10,22H,11-14H2,1H3,(H,21,23). The van der Waals surface area contributed by atoms with Crippen molar-refractivity contribution in [1.29, 1.82) is 0 Å². The molecule has 3 aromatic rings. The fourth-order valence-corrected chi connectivity index (χ4v) is 3.69. The third kappa shape index (κ3) is 4.20. The van der Waals surface area contributed by atoms with Gasteiger partial charge in [0.1, 0.15) is 0 Å². The summed E-state index contributed by atoms with van der Waals surface area (Å²) in [6.07, 6.45) is 0.852. The van der Waals surface area contributed by atoms with E-state index in [0.29, 0.717) is 12.3 Å². The molecule has 0 aliphatic carbocycles. The molecule has 0 bridgehead atoms. The summed E-state index contributed by atoms with van der Waals surface area (Å²) in [6, 6.07) is 18.5. The molecule has 4 heteroatoms. The zero-order chi connectivity index (χ0) is 16.8. The van der Waals surface area contributed by atoms with E-state index in [1.165, 1.54) is 22.2 Å². The predicted octanol–water partition coefficient (Wildman–Crippen LogP) is 4.07. The van der Waals surface area contributed by atoms with E-state index < -0.39 is 0 Å². The monoisotopic (exact) mass is 338 g/mol. The van der Waals surface area contributed by atoms with E-state index in [-0.39, 0.29) is 5.91 Å². The second kappa shape index (κ2) is 8.06. The number of H-pyrrole nitrogens is 1. The lowest BCUT2D eigenvalue weighted by atomic mass is 10.1. The molecule has 0 unspecified atom stereocenters. The third-order valence-corrected chi connectivity index (χ3v) is 5.07. The van der Waals surface area contributed by atoms with Crippen LogP contribution in [0, 0.1) is 6.92 Å². The van der Waals surface area contributed by atoms with Gasteiger partial charge in [0.25, 0.3) is 0 Å². The summed E-state index contributed by atoms with van der Waals surface area (Å²) in [4.78, 5) is 15.4. The first-order chi connectivity index (χ1) is 11.7. The summed E-state index contributed by atoms with van der Waals surface area (Å²) in [5, 5.41) is 4.28. The first kappa shape index (κ1) is 16.7. The molecule has 24 heavy (non-hydrogen) atoms. The van der Waals surface area contributed by atoms with Crippen LogP contribution in [0.25, 0.3) is 10.9 Å². The molecule has 2 N–H and O–H groups in total. The maximum absolute atomic E-state index is 12.0. The fourth-order valence-electron chi connectivity index (χ4n) is 2.87. The van der Waals surface area contributed by atoms with Crippen molar-refractivity contribution in [3.63, 3.8) is 0 Å². The first-order valence-corrected chi connectivity index (χ1v) is 9.34. The normalized spacial score (nSPS) is 10.9. The Balaban J connectivity index is 1.44. The summed E-state index contributed by atoms with van der Waals surface area (Å²) < 4.78 is 0. The molecule has 0 spiro atoms. The molecule has 0 fully saturated rings. The molecule has 2 aromatic carbocycles. The Morgan fingerprint density at radius 2 is 1.83 bits per heavy atom. The van der Waals surface area contributed by atoms with Crippen LogP contribution in [-0.4, -0.2) is 23.2 Å². The molecular formula is C20H22N2OS. The Kier molecular flexibility index (Phi) is 5.59. The van der Waals surface area contributed by atoms with E-state index >= 15 is 0 Å². The number of rotatable bonds is 7. The topological polar surface area (TPSA) is 44.9 Å². The molecule has 0 radical (unpaired) electrons. The number of carbonyl (C=O) groups is 1. The Hall–Kier alpha value is -2.20. The number of hydrogen-bond acceptors (Lipinski definition) is 2. The first-order valence-electron chi connectivity index (χ1n) is 8.18. The maximum Gasteiger partial charge on any atom is 0.230 e. The summed E-state index contributed by atoms with van der Waals surface area (Å²) in [7, 11) is 0. The van der Waals surface area contributed by atoms with Crippen molar-refractivity contribution < 1.29 is 4.79 Å². The number of aromatic amines is 1. The summed E-state index contributed by atoms with van der Waals surface area (Å²) >= 11 is 1.65. The summed E-state index contributed by atoms with van der Waals surface area (Å²) in [6.45, 7) is 2.76. The van der Waals surface area contributed by atoms with Gasteiger partial charge < -0.3 is 10.3 Å². The highest BCUT2D eigenvalue weighted by Gasteiger charge is 2.08. The van der Waals surface area contributed by atoms with Gasteiger partial charge >= 0.3 is 0 Å². The molecule has 1 amide bonds. The van der Waals surface area contributed by atoms with Crippen LogP contribution in [0.2, 0.25) is 0 Å². The fraction of sp³-hybridized carbons (Fsp3) is 0.250. The largest absolute Gasteiger partial charge is 0.358 e. The van der Waals surface area contributed by atoms with Crippen molar-refractivity contribution in [2.24, 2.45) is 0 Å². The molecule has 0 saturated carbocycles. The maximum atomic E-state index is 12.0. The van der Waals surface area contributed by atoms with Gasteiger partial charge in [-0.2, -0.15) is 0 Å². The Morgan fingerprint density at radius 3 is 2.67 bits per heavy atom. The van der Waals surface area contributed by atoms with Gasteiger partial charge in [-0.05, 0) is 30.5 Å². The second-order valence-electron chi connectivity index (χ2n) is 5.85. The number of aromatic nitrogens is 1. The number of fused-ring (bicyclic) bond motifs is 1. The zero-order valence-corrected chi connectivity index (χ0v) is 14.7. The summed E-state index contributed by atoms with van der Waals surface area (Å²) in [5.41, 5.74) is 4.89. The van der Waals surface area contributed by atoms with Crippen LogP contribution in [0.4, 0.5) is 0 Å². The van der Waals surface area contributed by atoms with Crippen molar-refractivity contribution in [1.82, 2.24) is 10.3 Å². The van der Waals surface area contributed by atoms with Crippen LogP contribution in [0.5, 0.6) is 0 Å². The van der Waals surface area contributed by atoms with Crippen LogP contribution >= 0.6 is 11.8 Å². The Bertz CT molecular complexity index is 811. The number of amides is 1. The van der Waals surface area contributed by atoms with Gasteiger partial charge in [-0.15, -0.1) is 11.8 Å². The van der Waals surface area contributed by atoms with Crippen molar-refractivity contribution >= 4 is 28.6 Å². The van der Waals surface area contributed by atoms with E-state index in [1.807, 2.05) is 24.3 Å². The highest BCUT2D eigenvalue weighted by Crippen LogP contribution is 2.21. The number of aryl methyl sites for hydroxylation is 1. The highest BCUT2D eigenvalue weighted by molar-refractivity contribution is 7.99. The lowest BCUT2D eigenvalue weighted by Gasteiger charge is -2.06. The van der Waals surface area contributed by atoms with Gasteiger partial charge in [0.2, 0.25) is 5.91 Å². The average molecular weight is 338 g/mol. The van der Waals surface area contributed by atoms with Gasteiger partial charge in [-0.3, -0.25) is 4.79 Å². The minimum atomic E-state index is 0.105. The number of nitrogens with one attached hydrogen (secondary N) is 2. The number of carbonyl (C=O) groups excluding carboxylic acids is 1. The van der Waals surface area contributed by atoms with E-state index in [4.69, 9.17) is 0 Å². The molecule has 124 valence electrons. The number of hydrogen-bond donors (Lipinski definition) is 2.